The highest BCUT2D eigenvalue weighted by atomic mass is 32.2. The molecule has 5 nitrogen and oxygen atoms in total. The average molecular weight is 283 g/mol. The number of nitrogens with zero attached hydrogens (tertiary/aromatic N) is 5. The zero-order valence-electron chi connectivity index (χ0n) is 12.2. The van der Waals surface area contributed by atoms with E-state index in [1.165, 1.54) is 39.1 Å². The zero-order valence-corrected chi connectivity index (χ0v) is 13.1. The third kappa shape index (κ3) is 4.47. The van der Waals surface area contributed by atoms with Crippen LogP contribution in [0.1, 0.15) is 20.3 Å². The van der Waals surface area contributed by atoms with Crippen LogP contribution >= 0.6 is 11.8 Å². The van der Waals surface area contributed by atoms with Crippen LogP contribution in [0.2, 0.25) is 0 Å². The first-order chi connectivity index (χ1) is 9.16. The van der Waals surface area contributed by atoms with Gasteiger partial charge < -0.3 is 4.90 Å². The molecule has 6 heteroatoms. The second-order valence-electron chi connectivity index (χ2n) is 5.34. The molecule has 0 radical (unpaired) electrons. The summed E-state index contributed by atoms with van der Waals surface area (Å²) in [7, 11) is 1.94. The van der Waals surface area contributed by atoms with Crippen LogP contribution in [0.3, 0.4) is 0 Å². The average Bonchev–Trinajstić information content (AvgIpc) is 2.81. The van der Waals surface area contributed by atoms with Gasteiger partial charge in [-0.15, -0.1) is 0 Å². The molecule has 1 aliphatic rings. The highest BCUT2D eigenvalue weighted by molar-refractivity contribution is 7.99. The normalized spacial score (nSPS) is 18.3. The third-order valence-electron chi connectivity index (χ3n) is 3.66. The molecular weight excluding hydrogens is 258 g/mol. The van der Waals surface area contributed by atoms with E-state index >= 15 is 0 Å². The fraction of sp³-hybridized carbons (Fsp3) is 0.846. The van der Waals surface area contributed by atoms with Crippen molar-refractivity contribution < 1.29 is 0 Å². The fourth-order valence-electron chi connectivity index (χ4n) is 2.37. The second-order valence-corrected chi connectivity index (χ2v) is 6.40. The zero-order chi connectivity index (χ0) is 13.7. The maximum atomic E-state index is 4.22. The number of aryl methyl sites for hydroxylation is 1. The highest BCUT2D eigenvalue weighted by Gasteiger charge is 2.18. The Morgan fingerprint density at radius 2 is 2.00 bits per heavy atom. The molecule has 0 bridgehead atoms. The van der Waals surface area contributed by atoms with Crippen molar-refractivity contribution in [2.75, 3.05) is 38.5 Å². The monoisotopic (exact) mass is 283 g/mol. The van der Waals surface area contributed by atoms with Gasteiger partial charge in [0.05, 0.1) is 0 Å². The lowest BCUT2D eigenvalue weighted by Crippen LogP contribution is -2.48. The van der Waals surface area contributed by atoms with Crippen LogP contribution in [0.15, 0.2) is 11.5 Å². The molecule has 2 heterocycles. The molecule has 1 aromatic rings. The summed E-state index contributed by atoms with van der Waals surface area (Å²) in [6, 6.07) is 0.689. The van der Waals surface area contributed by atoms with Gasteiger partial charge in [-0.2, -0.15) is 5.10 Å². The summed E-state index contributed by atoms with van der Waals surface area (Å²) in [4.78, 5) is 9.36. The number of aromatic nitrogens is 3. The Bertz CT molecular complexity index is 371. The Balaban J connectivity index is 1.58. The van der Waals surface area contributed by atoms with Gasteiger partial charge in [-0.1, -0.05) is 11.8 Å². The lowest BCUT2D eigenvalue weighted by atomic mass is 10.2. The summed E-state index contributed by atoms with van der Waals surface area (Å²) < 4.78 is 1.84. The Hall–Kier alpha value is -0.590. The van der Waals surface area contributed by atoms with Crippen LogP contribution in [-0.4, -0.2) is 69.1 Å². The minimum Gasteiger partial charge on any atom is -0.301 e. The van der Waals surface area contributed by atoms with E-state index in [4.69, 9.17) is 0 Å². The predicted molar refractivity (Wildman–Crippen MR) is 79.5 cm³/mol. The van der Waals surface area contributed by atoms with Gasteiger partial charge >= 0.3 is 0 Å². The highest BCUT2D eigenvalue weighted by Crippen LogP contribution is 2.14. The molecule has 1 saturated heterocycles. The molecule has 0 unspecified atom stereocenters. The van der Waals surface area contributed by atoms with Crippen LogP contribution in [0.4, 0.5) is 0 Å². The summed E-state index contributed by atoms with van der Waals surface area (Å²) >= 11 is 1.80. The molecule has 0 spiro atoms. The number of hydrogen-bond acceptors (Lipinski definition) is 5. The van der Waals surface area contributed by atoms with Crippen LogP contribution in [-0.2, 0) is 7.05 Å². The molecule has 108 valence electrons. The standard InChI is InChI=1S/C13H25N5S/c1-12(2)18-8-6-17(7-9-18)5-4-10-19-13-14-11-15-16(13)3/h11-12H,4-10H2,1-3H3. The Morgan fingerprint density at radius 3 is 2.58 bits per heavy atom. The quantitative estimate of drug-likeness (QED) is 0.581. The van der Waals surface area contributed by atoms with E-state index in [9.17, 15) is 0 Å². The number of hydrogen-bond donors (Lipinski definition) is 0. The van der Waals surface area contributed by atoms with Crippen molar-refractivity contribution in [2.24, 2.45) is 7.05 Å². The van der Waals surface area contributed by atoms with Gasteiger partial charge in [-0.3, -0.25) is 4.90 Å². The molecule has 19 heavy (non-hydrogen) atoms. The second kappa shape index (κ2) is 7.26. The van der Waals surface area contributed by atoms with E-state index in [1.807, 2.05) is 11.7 Å². The van der Waals surface area contributed by atoms with Crippen molar-refractivity contribution in [2.45, 2.75) is 31.5 Å². The van der Waals surface area contributed by atoms with Gasteiger partial charge in [0, 0.05) is 45.0 Å². The van der Waals surface area contributed by atoms with Crippen LogP contribution in [0.25, 0.3) is 0 Å². The predicted octanol–water partition coefficient (Wildman–Crippen LogP) is 1.32. The van der Waals surface area contributed by atoms with E-state index in [2.05, 4.69) is 33.7 Å². The smallest absolute Gasteiger partial charge is 0.185 e. The SMILES string of the molecule is CC(C)N1CCN(CCCSc2ncnn2C)CC1. The topological polar surface area (TPSA) is 37.2 Å². The van der Waals surface area contributed by atoms with E-state index in [0.29, 0.717) is 6.04 Å². The third-order valence-corrected chi connectivity index (χ3v) is 4.78. The molecule has 0 aliphatic carbocycles. The number of thioether (sulfide) groups is 1. The molecule has 0 saturated carbocycles. The molecule has 0 N–H and O–H groups in total. The first kappa shape index (κ1) is 14.8. The summed E-state index contributed by atoms with van der Waals surface area (Å²) in [6.07, 6.45) is 2.84. The molecule has 1 fully saturated rings. The van der Waals surface area contributed by atoms with Crippen LogP contribution in [0.5, 0.6) is 0 Å². The van der Waals surface area contributed by atoms with Crippen molar-refractivity contribution >= 4 is 11.8 Å². The summed E-state index contributed by atoms with van der Waals surface area (Å²) in [5.74, 6) is 1.12. The lowest BCUT2D eigenvalue weighted by Gasteiger charge is -2.36. The fourth-order valence-corrected chi connectivity index (χ4v) is 3.18. The molecule has 1 aliphatic heterocycles. The van der Waals surface area contributed by atoms with E-state index in [-0.39, 0.29) is 0 Å². The van der Waals surface area contributed by atoms with E-state index in [0.717, 1.165) is 10.9 Å². The van der Waals surface area contributed by atoms with E-state index in [1.54, 1.807) is 18.1 Å². The summed E-state index contributed by atoms with van der Waals surface area (Å²) in [6.45, 7) is 10.6. The van der Waals surface area contributed by atoms with Crippen LogP contribution in [0, 0.1) is 0 Å². The van der Waals surface area contributed by atoms with E-state index < -0.39 is 0 Å². The maximum absolute atomic E-state index is 4.22. The molecule has 2 rings (SSSR count). The summed E-state index contributed by atoms with van der Waals surface area (Å²) in [5.41, 5.74) is 0. The van der Waals surface area contributed by atoms with Gasteiger partial charge in [-0.05, 0) is 26.8 Å². The first-order valence-corrected chi connectivity index (χ1v) is 8.08. The minimum absolute atomic E-state index is 0.689. The molecule has 0 aromatic carbocycles. The molecule has 0 atom stereocenters. The van der Waals surface area contributed by atoms with Crippen molar-refractivity contribution in [1.29, 1.82) is 0 Å². The molecular formula is C13H25N5S. The molecule has 0 amide bonds. The minimum atomic E-state index is 0.689. The lowest BCUT2D eigenvalue weighted by molar-refractivity contribution is 0.109. The maximum Gasteiger partial charge on any atom is 0.185 e. The Labute approximate surface area is 120 Å². The van der Waals surface area contributed by atoms with Gasteiger partial charge in [0.1, 0.15) is 6.33 Å². The van der Waals surface area contributed by atoms with Crippen molar-refractivity contribution in [3.05, 3.63) is 6.33 Å². The van der Waals surface area contributed by atoms with Gasteiger partial charge in [0.25, 0.3) is 0 Å². The Kier molecular flexibility index (Phi) is 5.66. The number of rotatable bonds is 6. The van der Waals surface area contributed by atoms with Gasteiger partial charge in [-0.25, -0.2) is 9.67 Å². The van der Waals surface area contributed by atoms with Gasteiger partial charge in [0.2, 0.25) is 0 Å². The largest absolute Gasteiger partial charge is 0.301 e. The van der Waals surface area contributed by atoms with Crippen molar-refractivity contribution in [3.8, 4) is 0 Å². The number of piperazine rings is 1. The molecule has 1 aromatic heterocycles. The first-order valence-electron chi connectivity index (χ1n) is 7.10. The van der Waals surface area contributed by atoms with Crippen LogP contribution < -0.4 is 0 Å². The van der Waals surface area contributed by atoms with Crippen molar-refractivity contribution in [1.82, 2.24) is 24.6 Å². The van der Waals surface area contributed by atoms with Gasteiger partial charge in [0.15, 0.2) is 5.16 Å². The van der Waals surface area contributed by atoms with Crippen molar-refractivity contribution in [3.63, 3.8) is 0 Å². The Morgan fingerprint density at radius 1 is 1.26 bits per heavy atom. The summed E-state index contributed by atoms with van der Waals surface area (Å²) in [5, 5.41) is 5.10.